The summed E-state index contributed by atoms with van der Waals surface area (Å²) in [5, 5.41) is 7.15. The number of ketones is 1. The number of benzene rings is 1. The Morgan fingerprint density at radius 1 is 1.28 bits per heavy atom. The van der Waals surface area contributed by atoms with E-state index in [1.807, 2.05) is 0 Å². The normalized spacial score (nSPS) is 10.8. The Kier molecular flexibility index (Phi) is 4.42. The number of fused-ring (bicyclic) bond motifs is 1. The number of Topliss-reactive ketones (excluding diaryl/α,β-unsaturated/α-hetero) is 1. The molecule has 3 rings (SSSR count). The summed E-state index contributed by atoms with van der Waals surface area (Å²) in [6, 6.07) is 6.72. The second-order valence-electron chi connectivity index (χ2n) is 5.68. The molecule has 0 bridgehead atoms. The van der Waals surface area contributed by atoms with Crippen LogP contribution in [0.1, 0.15) is 23.7 Å². The zero-order valence-electron chi connectivity index (χ0n) is 13.9. The Labute approximate surface area is 143 Å². The van der Waals surface area contributed by atoms with Crippen LogP contribution in [0.2, 0.25) is 0 Å². The minimum Gasteiger partial charge on any atom is -0.326 e. The lowest BCUT2D eigenvalue weighted by Crippen LogP contribution is -2.23. The van der Waals surface area contributed by atoms with Crippen molar-refractivity contribution < 1.29 is 9.59 Å². The zero-order chi connectivity index (χ0) is 18.0. The average Bonchev–Trinajstić information content (AvgIpc) is 2.96. The maximum Gasteiger partial charge on any atom is 0.264 e. The monoisotopic (exact) mass is 339 g/mol. The average molecular weight is 339 g/mol. The Morgan fingerprint density at radius 3 is 2.84 bits per heavy atom. The molecule has 0 saturated carbocycles. The van der Waals surface area contributed by atoms with Crippen LogP contribution in [0, 0.1) is 0 Å². The van der Waals surface area contributed by atoms with Crippen molar-refractivity contribution in [2.45, 2.75) is 19.9 Å². The molecule has 1 amide bonds. The zero-order valence-corrected chi connectivity index (χ0v) is 13.9. The molecule has 1 N–H and O–H groups in total. The molecule has 0 aliphatic heterocycles. The van der Waals surface area contributed by atoms with E-state index in [9.17, 15) is 14.4 Å². The van der Waals surface area contributed by atoms with Crippen LogP contribution in [-0.2, 0) is 18.4 Å². The van der Waals surface area contributed by atoms with Gasteiger partial charge in [0.05, 0.1) is 12.5 Å². The summed E-state index contributed by atoms with van der Waals surface area (Å²) in [6.45, 7) is 1.67. The van der Waals surface area contributed by atoms with E-state index < -0.39 is 0 Å². The molecule has 0 aliphatic carbocycles. The van der Waals surface area contributed by atoms with Crippen LogP contribution in [0.4, 0.5) is 5.69 Å². The predicted octanol–water partition coefficient (Wildman–Crippen LogP) is 1.36. The number of rotatable bonds is 5. The van der Waals surface area contributed by atoms with Gasteiger partial charge in [0.15, 0.2) is 11.4 Å². The molecule has 0 radical (unpaired) electrons. The number of carbonyl (C=O) groups excluding carboxylic acids is 2. The summed E-state index contributed by atoms with van der Waals surface area (Å²) in [5.41, 5.74) is 1.35. The first-order chi connectivity index (χ1) is 12.0. The van der Waals surface area contributed by atoms with Crippen molar-refractivity contribution in [3.63, 3.8) is 0 Å². The van der Waals surface area contributed by atoms with Gasteiger partial charge in [0.1, 0.15) is 5.39 Å². The first kappa shape index (κ1) is 16.6. The Morgan fingerprint density at radius 2 is 2.08 bits per heavy atom. The molecule has 1 aromatic carbocycles. The molecule has 0 atom stereocenters. The number of hydrogen-bond donors (Lipinski definition) is 1. The van der Waals surface area contributed by atoms with Crippen molar-refractivity contribution in [2.75, 3.05) is 5.32 Å². The minimum absolute atomic E-state index is 0.0708. The molecule has 0 unspecified atom stereocenters. The molecule has 128 valence electrons. The number of nitrogens with one attached hydrogen (secondary N) is 1. The second-order valence-corrected chi connectivity index (χ2v) is 5.68. The van der Waals surface area contributed by atoms with E-state index in [0.29, 0.717) is 22.3 Å². The van der Waals surface area contributed by atoms with E-state index in [0.717, 1.165) is 0 Å². The molecule has 8 heteroatoms. The maximum absolute atomic E-state index is 12.3. The molecule has 2 heterocycles. The van der Waals surface area contributed by atoms with Gasteiger partial charge in [0, 0.05) is 31.3 Å². The molecule has 0 saturated heterocycles. The van der Waals surface area contributed by atoms with Gasteiger partial charge in [0.25, 0.3) is 5.56 Å². The smallest absolute Gasteiger partial charge is 0.264 e. The standard InChI is InChI=1S/C17H17N5O3/c1-11(23)12-4-3-5-13(8-12)20-15(24)6-7-22-10-18-16-14(17(22)25)9-19-21(16)2/h3-5,8-10H,6-7H2,1-2H3,(H,20,24). The molecule has 25 heavy (non-hydrogen) atoms. The van der Waals surface area contributed by atoms with E-state index in [-0.39, 0.29) is 30.2 Å². The highest BCUT2D eigenvalue weighted by Gasteiger charge is 2.10. The van der Waals surface area contributed by atoms with Gasteiger partial charge in [0.2, 0.25) is 5.91 Å². The summed E-state index contributed by atoms with van der Waals surface area (Å²) in [5.74, 6) is -0.322. The summed E-state index contributed by atoms with van der Waals surface area (Å²) in [7, 11) is 1.71. The van der Waals surface area contributed by atoms with Crippen LogP contribution in [-0.4, -0.2) is 31.0 Å². The second kappa shape index (κ2) is 6.68. The SMILES string of the molecule is CC(=O)c1cccc(NC(=O)CCn2cnc3c(cnn3C)c2=O)c1. The van der Waals surface area contributed by atoms with Gasteiger partial charge < -0.3 is 5.32 Å². The third kappa shape index (κ3) is 3.47. The lowest BCUT2D eigenvalue weighted by Gasteiger charge is -2.08. The molecule has 0 fully saturated rings. The van der Waals surface area contributed by atoms with Gasteiger partial charge in [-0.1, -0.05) is 12.1 Å². The molecular formula is C17H17N5O3. The highest BCUT2D eigenvalue weighted by atomic mass is 16.2. The summed E-state index contributed by atoms with van der Waals surface area (Å²) in [4.78, 5) is 40.0. The largest absolute Gasteiger partial charge is 0.326 e. The van der Waals surface area contributed by atoms with Crippen LogP contribution >= 0.6 is 0 Å². The van der Waals surface area contributed by atoms with Gasteiger partial charge in [-0.25, -0.2) is 4.98 Å². The maximum atomic E-state index is 12.3. The van der Waals surface area contributed by atoms with E-state index in [2.05, 4.69) is 15.4 Å². The molecule has 0 spiro atoms. The molecule has 8 nitrogen and oxygen atoms in total. The minimum atomic E-state index is -0.251. The molecule has 0 aliphatic rings. The number of aryl methyl sites for hydroxylation is 2. The Hall–Kier alpha value is -3.29. The van der Waals surface area contributed by atoms with Crippen LogP contribution in [0.25, 0.3) is 11.0 Å². The highest BCUT2D eigenvalue weighted by molar-refractivity contribution is 5.97. The summed E-state index contributed by atoms with van der Waals surface area (Å²) >= 11 is 0. The van der Waals surface area contributed by atoms with Crippen LogP contribution in [0.15, 0.2) is 41.6 Å². The fraction of sp³-hybridized carbons (Fsp3) is 0.235. The Bertz CT molecular complexity index is 1020. The lowest BCUT2D eigenvalue weighted by molar-refractivity contribution is -0.116. The number of carbonyl (C=O) groups is 2. The van der Waals surface area contributed by atoms with Crippen molar-refractivity contribution >= 4 is 28.4 Å². The molecule has 2 aromatic heterocycles. The van der Waals surface area contributed by atoms with Crippen LogP contribution < -0.4 is 10.9 Å². The van der Waals surface area contributed by atoms with Crippen molar-refractivity contribution in [1.82, 2.24) is 19.3 Å². The van der Waals surface area contributed by atoms with Gasteiger partial charge in [-0.2, -0.15) is 5.10 Å². The fourth-order valence-corrected chi connectivity index (χ4v) is 2.49. The summed E-state index contributed by atoms with van der Waals surface area (Å²) in [6.07, 6.45) is 2.99. The quantitative estimate of drug-likeness (QED) is 0.708. The van der Waals surface area contributed by atoms with E-state index >= 15 is 0 Å². The lowest BCUT2D eigenvalue weighted by atomic mass is 10.1. The van der Waals surface area contributed by atoms with Crippen LogP contribution in [0.3, 0.4) is 0 Å². The van der Waals surface area contributed by atoms with Gasteiger partial charge >= 0.3 is 0 Å². The third-order valence-corrected chi connectivity index (χ3v) is 3.85. The molecule has 3 aromatic rings. The van der Waals surface area contributed by atoms with Crippen molar-refractivity contribution in [1.29, 1.82) is 0 Å². The molecular weight excluding hydrogens is 322 g/mol. The van der Waals surface area contributed by atoms with Gasteiger partial charge in [-0.05, 0) is 19.1 Å². The Balaban J connectivity index is 1.68. The van der Waals surface area contributed by atoms with E-state index in [1.54, 1.807) is 31.3 Å². The predicted molar refractivity (Wildman–Crippen MR) is 92.5 cm³/mol. The summed E-state index contributed by atoms with van der Waals surface area (Å²) < 4.78 is 2.91. The number of anilines is 1. The van der Waals surface area contributed by atoms with Crippen molar-refractivity contribution in [3.8, 4) is 0 Å². The van der Waals surface area contributed by atoms with E-state index in [1.165, 1.54) is 28.7 Å². The first-order valence-corrected chi connectivity index (χ1v) is 7.73. The number of hydrogen-bond acceptors (Lipinski definition) is 5. The number of nitrogens with zero attached hydrogens (tertiary/aromatic N) is 4. The van der Waals surface area contributed by atoms with Crippen molar-refractivity contribution in [2.24, 2.45) is 7.05 Å². The van der Waals surface area contributed by atoms with Crippen LogP contribution in [0.5, 0.6) is 0 Å². The number of amides is 1. The van der Waals surface area contributed by atoms with Crippen molar-refractivity contribution in [3.05, 3.63) is 52.7 Å². The van der Waals surface area contributed by atoms with E-state index in [4.69, 9.17) is 0 Å². The number of aromatic nitrogens is 4. The third-order valence-electron chi connectivity index (χ3n) is 3.85. The van der Waals surface area contributed by atoms with Gasteiger partial charge in [-0.15, -0.1) is 0 Å². The topological polar surface area (TPSA) is 98.9 Å². The first-order valence-electron chi connectivity index (χ1n) is 7.73. The fourth-order valence-electron chi connectivity index (χ4n) is 2.49. The van der Waals surface area contributed by atoms with Gasteiger partial charge in [-0.3, -0.25) is 23.6 Å². The highest BCUT2D eigenvalue weighted by Crippen LogP contribution is 2.11.